The molecule has 0 amide bonds. The van der Waals surface area contributed by atoms with Gasteiger partial charge in [0.2, 0.25) is 0 Å². The van der Waals surface area contributed by atoms with Crippen molar-refractivity contribution in [1.29, 1.82) is 0 Å². The zero-order valence-corrected chi connectivity index (χ0v) is 26.4. The number of hydrogen-bond acceptors (Lipinski definition) is 6. The molecule has 0 aliphatic heterocycles. The van der Waals surface area contributed by atoms with E-state index < -0.39 is 28.9 Å². The summed E-state index contributed by atoms with van der Waals surface area (Å²) in [5.74, 6) is -16.0. The molecule has 4 heterocycles. The van der Waals surface area contributed by atoms with Gasteiger partial charge in [-0.05, 0) is 61.4 Å². The molecule has 0 saturated carbocycles. The number of allylic oxidation sites excluding steroid dienone is 2. The van der Waals surface area contributed by atoms with Gasteiger partial charge in [-0.2, -0.15) is 26.3 Å². The second-order valence-electron chi connectivity index (χ2n) is 10.6. The minimum Gasteiger partial charge on any atom is -0.297 e. The van der Waals surface area contributed by atoms with E-state index in [9.17, 15) is 9.59 Å². The highest BCUT2D eigenvalue weighted by atomic mass is 32.1. The fourth-order valence-corrected chi connectivity index (χ4v) is 9.76. The van der Waals surface area contributed by atoms with Crippen LogP contribution >= 0.6 is 45.3 Å². The number of carbonyl (C=O) groups excluding carboxylic acids is 2. The van der Waals surface area contributed by atoms with Gasteiger partial charge in [0, 0.05) is 62.0 Å². The summed E-state index contributed by atoms with van der Waals surface area (Å²) >= 11 is 4.57. The molecule has 1 aliphatic rings. The summed E-state index contributed by atoms with van der Waals surface area (Å²) in [4.78, 5) is 25.2. The normalized spacial score (nSPS) is 17.1. The quantitative estimate of drug-likeness (QED) is 0.129. The molecule has 2 aromatic carbocycles. The van der Waals surface area contributed by atoms with Crippen molar-refractivity contribution in [2.75, 3.05) is 0 Å². The molecule has 0 N–H and O–H groups in total. The van der Waals surface area contributed by atoms with Gasteiger partial charge in [-0.15, -0.1) is 45.3 Å². The Hall–Kier alpha value is -3.58. The third kappa shape index (κ3) is 4.25. The van der Waals surface area contributed by atoms with Crippen molar-refractivity contribution >= 4 is 89.2 Å². The Kier molecular flexibility index (Phi) is 6.83. The first-order chi connectivity index (χ1) is 21.3. The SMILES string of the molecule is Cc1sc2cc(-c3ccc(C=O)s3)ccc2c1C1=C(c2c(C)sc3cc(-c4ccc(C=O)s4)ccc23)C(F)(F)C(F)(F)C1(F)F. The number of hydrogen-bond donors (Lipinski definition) is 0. The van der Waals surface area contributed by atoms with E-state index in [-0.39, 0.29) is 31.7 Å². The Morgan fingerprint density at radius 2 is 0.956 bits per heavy atom. The summed E-state index contributed by atoms with van der Waals surface area (Å²) in [5.41, 5.74) is -2.03. The zero-order chi connectivity index (χ0) is 32.1. The van der Waals surface area contributed by atoms with E-state index in [0.29, 0.717) is 42.9 Å². The van der Waals surface area contributed by atoms with Crippen LogP contribution in [0.15, 0.2) is 60.7 Å². The number of aldehydes is 2. The van der Waals surface area contributed by atoms with Crippen molar-refractivity contribution in [2.45, 2.75) is 31.6 Å². The predicted octanol–water partition coefficient (Wildman–Crippen LogP) is 11.6. The van der Waals surface area contributed by atoms with Gasteiger partial charge >= 0.3 is 17.8 Å². The summed E-state index contributed by atoms with van der Waals surface area (Å²) < 4.78 is 95.1. The first kappa shape index (κ1) is 30.1. The maximum Gasteiger partial charge on any atom is 0.380 e. The van der Waals surface area contributed by atoms with Gasteiger partial charge in [0.25, 0.3) is 0 Å². The zero-order valence-electron chi connectivity index (χ0n) is 23.1. The van der Waals surface area contributed by atoms with E-state index in [4.69, 9.17) is 0 Å². The molecule has 0 bridgehead atoms. The average Bonchev–Trinajstić information content (AvgIpc) is 3.80. The number of thiophene rings is 4. The Morgan fingerprint density at radius 1 is 0.556 bits per heavy atom. The predicted molar refractivity (Wildman–Crippen MR) is 172 cm³/mol. The number of halogens is 6. The number of aryl methyl sites for hydroxylation is 2. The minimum atomic E-state index is -5.68. The van der Waals surface area contributed by atoms with E-state index in [1.807, 2.05) is 0 Å². The lowest BCUT2D eigenvalue weighted by Crippen LogP contribution is -2.48. The van der Waals surface area contributed by atoms with Crippen molar-refractivity contribution in [3.63, 3.8) is 0 Å². The van der Waals surface area contributed by atoms with Crippen molar-refractivity contribution in [1.82, 2.24) is 0 Å². The van der Waals surface area contributed by atoms with Gasteiger partial charge < -0.3 is 0 Å². The molecule has 12 heteroatoms. The van der Waals surface area contributed by atoms with Crippen molar-refractivity contribution in [2.24, 2.45) is 0 Å². The van der Waals surface area contributed by atoms with Crippen LogP contribution in [-0.2, 0) is 0 Å². The van der Waals surface area contributed by atoms with E-state index in [2.05, 4.69) is 0 Å². The summed E-state index contributed by atoms with van der Waals surface area (Å²) in [6.07, 6.45) is 1.42. The molecule has 0 fully saturated rings. The molecule has 0 radical (unpaired) electrons. The Balaban J connectivity index is 1.48. The second-order valence-corrected chi connectivity index (χ2v) is 15.3. The molecule has 228 valence electrons. The highest BCUT2D eigenvalue weighted by Crippen LogP contribution is 2.67. The maximum atomic E-state index is 15.9. The van der Waals surface area contributed by atoms with Crippen LogP contribution < -0.4 is 0 Å². The molecule has 6 aromatic rings. The summed E-state index contributed by atoms with van der Waals surface area (Å²) in [6.45, 7) is 2.92. The number of carbonyl (C=O) groups is 2. The lowest BCUT2D eigenvalue weighted by Gasteiger charge is -2.26. The van der Waals surface area contributed by atoms with Crippen LogP contribution in [0.2, 0.25) is 0 Å². The van der Waals surface area contributed by atoms with Crippen molar-refractivity contribution in [3.8, 4) is 20.9 Å². The molecule has 0 atom stereocenters. The highest BCUT2D eigenvalue weighted by molar-refractivity contribution is 7.20. The highest BCUT2D eigenvalue weighted by Gasteiger charge is 2.80. The second kappa shape index (κ2) is 10.2. The molecular weight excluding hydrogens is 671 g/mol. The topological polar surface area (TPSA) is 34.1 Å². The lowest BCUT2D eigenvalue weighted by molar-refractivity contribution is -0.254. The largest absolute Gasteiger partial charge is 0.380 e. The lowest BCUT2D eigenvalue weighted by atomic mass is 9.91. The van der Waals surface area contributed by atoms with Crippen molar-refractivity contribution < 1.29 is 35.9 Å². The average molecular weight is 689 g/mol. The van der Waals surface area contributed by atoms with Crippen LogP contribution in [0.4, 0.5) is 26.3 Å². The molecule has 7 rings (SSSR count). The van der Waals surface area contributed by atoms with Crippen LogP contribution in [0.25, 0.3) is 52.2 Å². The minimum absolute atomic E-state index is 0.164. The molecule has 2 nitrogen and oxygen atoms in total. The fourth-order valence-electron chi connectivity index (χ4n) is 5.90. The van der Waals surface area contributed by atoms with E-state index in [1.54, 1.807) is 48.5 Å². The van der Waals surface area contributed by atoms with Gasteiger partial charge in [-0.3, -0.25) is 9.59 Å². The van der Waals surface area contributed by atoms with Crippen LogP contribution in [0.3, 0.4) is 0 Å². The molecule has 4 aromatic heterocycles. The van der Waals surface area contributed by atoms with Crippen LogP contribution in [0.5, 0.6) is 0 Å². The van der Waals surface area contributed by atoms with Gasteiger partial charge in [-0.1, -0.05) is 24.3 Å². The molecule has 1 aliphatic carbocycles. The summed E-state index contributed by atoms with van der Waals surface area (Å²) in [6, 6.07) is 16.3. The number of alkyl halides is 6. The van der Waals surface area contributed by atoms with Crippen LogP contribution in [0.1, 0.15) is 40.2 Å². The monoisotopic (exact) mass is 688 g/mol. The maximum absolute atomic E-state index is 15.9. The molecule has 0 spiro atoms. The van der Waals surface area contributed by atoms with Crippen LogP contribution in [-0.4, -0.2) is 30.3 Å². The first-order valence-electron chi connectivity index (χ1n) is 13.4. The molecule has 45 heavy (non-hydrogen) atoms. The fraction of sp³-hybridized carbons (Fsp3) is 0.152. The molecule has 0 unspecified atom stereocenters. The van der Waals surface area contributed by atoms with E-state index in [1.165, 1.54) is 48.7 Å². The summed E-state index contributed by atoms with van der Waals surface area (Å²) in [5, 5.41) is 0.328. The number of rotatable bonds is 6. The van der Waals surface area contributed by atoms with Gasteiger partial charge in [0.05, 0.1) is 9.75 Å². The first-order valence-corrected chi connectivity index (χ1v) is 16.6. The van der Waals surface area contributed by atoms with Crippen LogP contribution in [0, 0.1) is 13.8 Å². The Bertz CT molecular complexity index is 2080. The van der Waals surface area contributed by atoms with E-state index in [0.717, 1.165) is 32.4 Å². The van der Waals surface area contributed by atoms with Gasteiger partial charge in [0.1, 0.15) is 0 Å². The van der Waals surface area contributed by atoms with Gasteiger partial charge in [0.15, 0.2) is 12.6 Å². The van der Waals surface area contributed by atoms with Crippen molar-refractivity contribution in [3.05, 3.63) is 91.3 Å². The summed E-state index contributed by atoms with van der Waals surface area (Å²) in [7, 11) is 0. The number of benzene rings is 2. The Morgan fingerprint density at radius 3 is 1.31 bits per heavy atom. The van der Waals surface area contributed by atoms with E-state index >= 15 is 26.3 Å². The molecule has 0 saturated heterocycles. The van der Waals surface area contributed by atoms with Gasteiger partial charge in [-0.25, -0.2) is 0 Å². The Labute approximate surface area is 267 Å². The standard InChI is InChI=1S/C33H18F6O2S4/c1-15-27(21-7-3-17(11-25(21)42-15)23-9-5-19(13-40)44-23)29-30(32(36,37)33(38,39)31(29,34)35)28-16(2)43-26-12-18(4-8-22(26)28)24-10-6-20(14-41)45-24/h3-14H,1-2H3. The third-order valence-corrected chi connectivity index (χ3v) is 12.2. The smallest absolute Gasteiger partial charge is 0.297 e. The third-order valence-electron chi connectivity index (χ3n) is 7.95. The molecular formula is C33H18F6O2S4. The number of fused-ring (bicyclic) bond motifs is 2.